The lowest BCUT2D eigenvalue weighted by atomic mass is 9.91. The van der Waals surface area contributed by atoms with Gasteiger partial charge in [-0.25, -0.2) is 4.39 Å². The van der Waals surface area contributed by atoms with E-state index in [1.165, 1.54) is 14.2 Å². The third-order valence-corrected chi connectivity index (χ3v) is 3.80. The molecule has 1 N–H and O–H groups in total. The molecule has 1 aliphatic carbocycles. The van der Waals surface area contributed by atoms with E-state index in [1.54, 1.807) is 0 Å². The summed E-state index contributed by atoms with van der Waals surface area (Å²) >= 11 is 6.01. The molecule has 1 saturated carbocycles. The second-order valence-corrected chi connectivity index (χ2v) is 5.01. The van der Waals surface area contributed by atoms with E-state index in [-0.39, 0.29) is 17.2 Å². The van der Waals surface area contributed by atoms with Crippen LogP contribution in [0, 0.1) is 5.82 Å². The molecular weight excluding hydrogens is 275 g/mol. The van der Waals surface area contributed by atoms with Crippen molar-refractivity contribution in [3.8, 4) is 11.5 Å². The minimum Gasteiger partial charge on any atom is -0.493 e. The van der Waals surface area contributed by atoms with E-state index in [4.69, 9.17) is 26.2 Å². The summed E-state index contributed by atoms with van der Waals surface area (Å²) in [5, 5.41) is 8.91. The summed E-state index contributed by atoms with van der Waals surface area (Å²) in [4.78, 5) is 11.0. The minimum atomic E-state index is -0.946. The summed E-state index contributed by atoms with van der Waals surface area (Å²) < 4.78 is 24.1. The Morgan fingerprint density at radius 1 is 1.47 bits per heavy atom. The molecule has 1 fully saturated rings. The number of methoxy groups -OCH3 is 2. The predicted molar refractivity (Wildman–Crippen MR) is 67.7 cm³/mol. The van der Waals surface area contributed by atoms with Gasteiger partial charge < -0.3 is 14.6 Å². The molecule has 0 bridgehead atoms. The first-order valence-corrected chi connectivity index (χ1v) is 6.15. The van der Waals surface area contributed by atoms with Crippen molar-refractivity contribution in [2.75, 3.05) is 14.2 Å². The highest BCUT2D eigenvalue weighted by molar-refractivity contribution is 6.32. The number of carbonyl (C=O) groups is 1. The van der Waals surface area contributed by atoms with E-state index in [0.717, 1.165) is 6.07 Å². The molecule has 2 rings (SSSR count). The molecule has 4 nitrogen and oxygen atoms in total. The van der Waals surface area contributed by atoms with Crippen LogP contribution >= 0.6 is 11.6 Å². The summed E-state index contributed by atoms with van der Waals surface area (Å²) in [5.74, 6) is -1.05. The standard InChI is InChI=1S/C13H14ClFO4/c1-18-8-5-7(15)11(14)10(12(8)19-2)13(3-4-13)6-9(16)17/h5H,3-4,6H2,1-2H3,(H,16,17). The van der Waals surface area contributed by atoms with Crippen molar-refractivity contribution in [1.82, 2.24) is 0 Å². The Kier molecular flexibility index (Phi) is 3.58. The van der Waals surface area contributed by atoms with Crippen LogP contribution < -0.4 is 9.47 Å². The number of hydrogen-bond acceptors (Lipinski definition) is 3. The van der Waals surface area contributed by atoms with E-state index < -0.39 is 17.2 Å². The summed E-state index contributed by atoms with van der Waals surface area (Å²) in [6.45, 7) is 0. The van der Waals surface area contributed by atoms with Crippen LogP contribution in [0.1, 0.15) is 24.8 Å². The van der Waals surface area contributed by atoms with E-state index in [1.807, 2.05) is 0 Å². The molecule has 1 aromatic carbocycles. The first-order chi connectivity index (χ1) is 8.95. The Balaban J connectivity index is 2.61. The van der Waals surface area contributed by atoms with Gasteiger partial charge in [-0.2, -0.15) is 0 Å². The number of ether oxygens (including phenoxy) is 2. The Labute approximate surface area is 115 Å². The molecular formula is C13H14ClFO4. The Hall–Kier alpha value is -1.49. The lowest BCUT2D eigenvalue weighted by molar-refractivity contribution is -0.137. The molecule has 1 aromatic rings. The van der Waals surface area contributed by atoms with E-state index in [2.05, 4.69) is 0 Å². The Bertz CT molecular complexity index is 526. The lowest BCUT2D eigenvalue weighted by Crippen LogP contribution is -2.16. The molecule has 19 heavy (non-hydrogen) atoms. The molecule has 0 spiro atoms. The summed E-state index contributed by atoms with van der Waals surface area (Å²) in [5.41, 5.74) is -0.250. The van der Waals surface area contributed by atoms with Gasteiger partial charge in [-0.1, -0.05) is 11.6 Å². The zero-order valence-corrected chi connectivity index (χ0v) is 11.4. The average Bonchev–Trinajstić information content (AvgIpc) is 3.11. The fraction of sp³-hybridized carbons (Fsp3) is 0.462. The highest BCUT2D eigenvalue weighted by Gasteiger charge is 2.50. The van der Waals surface area contributed by atoms with Crippen LogP contribution in [0.15, 0.2) is 6.07 Å². The van der Waals surface area contributed by atoms with Crippen LogP contribution in [0.25, 0.3) is 0 Å². The molecule has 0 amide bonds. The third kappa shape index (κ3) is 2.34. The van der Waals surface area contributed by atoms with Crippen molar-refractivity contribution in [1.29, 1.82) is 0 Å². The molecule has 1 aliphatic rings. The zero-order chi connectivity index (χ0) is 14.2. The van der Waals surface area contributed by atoms with Gasteiger partial charge in [0.15, 0.2) is 11.5 Å². The van der Waals surface area contributed by atoms with Crippen molar-refractivity contribution in [3.05, 3.63) is 22.5 Å². The van der Waals surface area contributed by atoms with Crippen LogP contribution in [-0.2, 0) is 10.2 Å². The number of carboxylic acid groups (broad SMARTS) is 1. The molecule has 0 aliphatic heterocycles. The topological polar surface area (TPSA) is 55.8 Å². The number of benzene rings is 1. The zero-order valence-electron chi connectivity index (χ0n) is 10.6. The number of hydrogen-bond donors (Lipinski definition) is 1. The summed E-state index contributed by atoms with van der Waals surface area (Å²) in [6, 6.07) is 1.14. The largest absolute Gasteiger partial charge is 0.493 e. The maximum absolute atomic E-state index is 13.8. The van der Waals surface area contributed by atoms with Crippen LogP contribution in [0.3, 0.4) is 0 Å². The Morgan fingerprint density at radius 3 is 2.53 bits per heavy atom. The van der Waals surface area contributed by atoms with E-state index in [9.17, 15) is 9.18 Å². The fourth-order valence-electron chi connectivity index (χ4n) is 2.37. The van der Waals surface area contributed by atoms with Crippen LogP contribution in [0.2, 0.25) is 5.02 Å². The summed E-state index contributed by atoms with van der Waals surface area (Å²) in [7, 11) is 2.82. The van der Waals surface area contributed by atoms with Crippen LogP contribution in [0.4, 0.5) is 4.39 Å². The van der Waals surface area contributed by atoms with Gasteiger partial charge in [-0.3, -0.25) is 4.79 Å². The number of carboxylic acids is 1. The van der Waals surface area contributed by atoms with Crippen molar-refractivity contribution < 1.29 is 23.8 Å². The quantitative estimate of drug-likeness (QED) is 0.905. The van der Waals surface area contributed by atoms with E-state index in [0.29, 0.717) is 24.2 Å². The highest BCUT2D eigenvalue weighted by atomic mass is 35.5. The smallest absolute Gasteiger partial charge is 0.304 e. The van der Waals surface area contributed by atoms with E-state index >= 15 is 0 Å². The van der Waals surface area contributed by atoms with Gasteiger partial charge in [-0.05, 0) is 12.8 Å². The summed E-state index contributed by atoms with van der Waals surface area (Å²) in [6.07, 6.45) is 1.18. The van der Waals surface area contributed by atoms with Crippen molar-refractivity contribution >= 4 is 17.6 Å². The average molecular weight is 289 g/mol. The van der Waals surface area contributed by atoms with Crippen molar-refractivity contribution in [2.45, 2.75) is 24.7 Å². The van der Waals surface area contributed by atoms with Crippen molar-refractivity contribution in [3.63, 3.8) is 0 Å². The molecule has 0 aromatic heterocycles. The molecule has 0 atom stereocenters. The first kappa shape index (κ1) is 13.9. The van der Waals surface area contributed by atoms with Gasteiger partial charge in [-0.15, -0.1) is 0 Å². The number of aliphatic carboxylic acids is 1. The second kappa shape index (κ2) is 4.89. The SMILES string of the molecule is COc1cc(F)c(Cl)c(C2(CC(=O)O)CC2)c1OC. The third-order valence-electron chi connectivity index (χ3n) is 3.44. The molecule has 104 valence electrons. The molecule has 0 heterocycles. The normalized spacial score (nSPS) is 16.0. The number of halogens is 2. The number of rotatable bonds is 5. The van der Waals surface area contributed by atoms with Crippen LogP contribution in [-0.4, -0.2) is 25.3 Å². The predicted octanol–water partition coefficient (Wildman–Crippen LogP) is 3.00. The minimum absolute atomic E-state index is 0.0867. The highest BCUT2D eigenvalue weighted by Crippen LogP contribution is 2.58. The molecule has 6 heteroatoms. The van der Waals surface area contributed by atoms with Gasteiger partial charge in [0.05, 0.1) is 25.7 Å². The van der Waals surface area contributed by atoms with Gasteiger partial charge in [0.2, 0.25) is 0 Å². The monoisotopic (exact) mass is 288 g/mol. The van der Waals surface area contributed by atoms with Gasteiger partial charge >= 0.3 is 5.97 Å². The first-order valence-electron chi connectivity index (χ1n) is 5.77. The van der Waals surface area contributed by atoms with Gasteiger partial charge in [0.1, 0.15) is 5.82 Å². The maximum atomic E-state index is 13.8. The second-order valence-electron chi connectivity index (χ2n) is 4.63. The fourth-order valence-corrected chi connectivity index (χ4v) is 2.71. The molecule has 0 unspecified atom stereocenters. The maximum Gasteiger partial charge on any atom is 0.304 e. The van der Waals surface area contributed by atoms with Crippen molar-refractivity contribution in [2.24, 2.45) is 0 Å². The Morgan fingerprint density at radius 2 is 2.11 bits per heavy atom. The molecule has 0 saturated heterocycles. The van der Waals surface area contributed by atoms with Gasteiger partial charge in [0.25, 0.3) is 0 Å². The molecule has 0 radical (unpaired) electrons. The van der Waals surface area contributed by atoms with Gasteiger partial charge in [0, 0.05) is 17.0 Å². The lowest BCUT2D eigenvalue weighted by Gasteiger charge is -2.21. The van der Waals surface area contributed by atoms with Crippen LogP contribution in [0.5, 0.6) is 11.5 Å².